The van der Waals surface area contributed by atoms with E-state index in [0.717, 1.165) is 12.8 Å². The van der Waals surface area contributed by atoms with Gasteiger partial charge in [-0.2, -0.15) is 0 Å². The first-order chi connectivity index (χ1) is 6.24. The fourth-order valence-corrected chi connectivity index (χ4v) is 1.62. The quantitative estimate of drug-likeness (QED) is 0.718. The molecule has 1 fully saturated rings. The molecule has 5 heteroatoms. The Morgan fingerprint density at radius 3 is 2.69 bits per heavy atom. The molecule has 0 saturated heterocycles. The largest absolute Gasteiger partial charge is 0.357 e. The van der Waals surface area contributed by atoms with Gasteiger partial charge in [0, 0.05) is 20.1 Å². The number of aromatic nitrogens is 3. The van der Waals surface area contributed by atoms with E-state index in [1.165, 1.54) is 11.1 Å². The van der Waals surface area contributed by atoms with Gasteiger partial charge in [-0.1, -0.05) is 0 Å². The molecule has 1 heterocycles. The minimum absolute atomic E-state index is 0.0194. The molecule has 5 nitrogen and oxygen atoms in total. The van der Waals surface area contributed by atoms with Crippen LogP contribution in [0, 0.1) is 0 Å². The van der Waals surface area contributed by atoms with Gasteiger partial charge in [-0.3, -0.25) is 4.57 Å². The smallest absolute Gasteiger partial charge is 0.347 e. The highest BCUT2D eigenvalue weighted by atomic mass is 16.2. The highest BCUT2D eigenvalue weighted by Gasteiger charge is 2.24. The monoisotopic (exact) mass is 182 g/mol. The zero-order valence-electron chi connectivity index (χ0n) is 7.95. The first kappa shape index (κ1) is 8.34. The van der Waals surface area contributed by atoms with E-state index in [4.69, 9.17) is 0 Å². The molecule has 1 saturated carbocycles. The molecule has 0 radical (unpaired) electrons. The summed E-state index contributed by atoms with van der Waals surface area (Å²) in [4.78, 5) is 11.6. The molecule has 1 aromatic rings. The normalized spacial score (nSPS) is 17.1. The number of nitrogens with one attached hydrogen (secondary N) is 1. The molecule has 1 aromatic heterocycles. The second-order valence-corrected chi connectivity index (χ2v) is 3.43. The average Bonchev–Trinajstić information content (AvgIpc) is 2.29. The van der Waals surface area contributed by atoms with Crippen LogP contribution < -0.4 is 11.0 Å². The molecule has 2 rings (SSSR count). The highest BCUT2D eigenvalue weighted by Crippen LogP contribution is 2.31. The summed E-state index contributed by atoms with van der Waals surface area (Å²) in [6, 6.07) is 0.364. The Morgan fingerprint density at radius 2 is 2.23 bits per heavy atom. The fraction of sp³-hybridized carbons (Fsp3) is 0.750. The Hall–Kier alpha value is -1.26. The molecule has 1 N–H and O–H groups in total. The van der Waals surface area contributed by atoms with Crippen molar-refractivity contribution in [3.05, 3.63) is 10.5 Å². The lowest BCUT2D eigenvalue weighted by atomic mass is 9.93. The lowest BCUT2D eigenvalue weighted by Crippen LogP contribution is -2.30. The van der Waals surface area contributed by atoms with Crippen molar-refractivity contribution in [3.63, 3.8) is 0 Å². The Labute approximate surface area is 76.4 Å². The molecule has 72 valence electrons. The van der Waals surface area contributed by atoms with Crippen LogP contribution in [0.2, 0.25) is 0 Å². The molecular weight excluding hydrogens is 168 g/mol. The average molecular weight is 182 g/mol. The molecule has 0 spiro atoms. The van der Waals surface area contributed by atoms with E-state index < -0.39 is 0 Å². The number of hydrogen-bond donors (Lipinski definition) is 1. The second-order valence-electron chi connectivity index (χ2n) is 3.43. The van der Waals surface area contributed by atoms with Crippen molar-refractivity contribution in [2.45, 2.75) is 25.3 Å². The Balaban J connectivity index is 2.45. The van der Waals surface area contributed by atoms with Gasteiger partial charge >= 0.3 is 5.69 Å². The van der Waals surface area contributed by atoms with Crippen LogP contribution in [0.15, 0.2) is 4.79 Å². The summed E-state index contributed by atoms with van der Waals surface area (Å²) in [6.07, 6.45) is 3.41. The van der Waals surface area contributed by atoms with Crippen LogP contribution in [-0.2, 0) is 7.05 Å². The molecule has 1 aliphatic carbocycles. The minimum Gasteiger partial charge on any atom is -0.357 e. The summed E-state index contributed by atoms with van der Waals surface area (Å²) in [5.41, 5.74) is -0.0194. The van der Waals surface area contributed by atoms with Crippen LogP contribution in [0.3, 0.4) is 0 Å². The summed E-state index contributed by atoms with van der Waals surface area (Å²) in [7, 11) is 3.47. The third-order valence-corrected chi connectivity index (χ3v) is 2.62. The van der Waals surface area contributed by atoms with Gasteiger partial charge in [0.15, 0.2) is 0 Å². The molecule has 0 amide bonds. The second kappa shape index (κ2) is 2.90. The maximum Gasteiger partial charge on any atom is 0.347 e. The predicted molar refractivity (Wildman–Crippen MR) is 49.9 cm³/mol. The maximum atomic E-state index is 11.6. The minimum atomic E-state index is -0.0194. The molecule has 0 aliphatic heterocycles. The van der Waals surface area contributed by atoms with E-state index >= 15 is 0 Å². The molecule has 13 heavy (non-hydrogen) atoms. The van der Waals surface area contributed by atoms with Gasteiger partial charge in [-0.25, -0.2) is 9.48 Å². The fourth-order valence-electron chi connectivity index (χ4n) is 1.62. The lowest BCUT2D eigenvalue weighted by molar-refractivity contribution is 0.308. The van der Waals surface area contributed by atoms with Crippen molar-refractivity contribution in [1.29, 1.82) is 0 Å². The van der Waals surface area contributed by atoms with E-state index in [-0.39, 0.29) is 5.69 Å². The molecular formula is C8H14N4O. The van der Waals surface area contributed by atoms with Crippen LogP contribution in [-0.4, -0.2) is 21.4 Å². The summed E-state index contributed by atoms with van der Waals surface area (Å²) < 4.78 is 3.13. The van der Waals surface area contributed by atoms with Crippen LogP contribution >= 0.6 is 0 Å². The molecule has 0 atom stereocenters. The highest BCUT2D eigenvalue weighted by molar-refractivity contribution is 5.23. The van der Waals surface area contributed by atoms with Gasteiger partial charge in [0.2, 0.25) is 5.95 Å². The van der Waals surface area contributed by atoms with Gasteiger partial charge in [0.1, 0.15) is 0 Å². The molecule has 0 bridgehead atoms. The Morgan fingerprint density at radius 1 is 1.54 bits per heavy atom. The van der Waals surface area contributed by atoms with E-state index in [1.54, 1.807) is 18.7 Å². The summed E-state index contributed by atoms with van der Waals surface area (Å²) in [5, 5.41) is 7.02. The predicted octanol–water partition coefficient (Wildman–Crippen LogP) is 0.348. The molecule has 0 aromatic carbocycles. The topological polar surface area (TPSA) is 51.9 Å². The van der Waals surface area contributed by atoms with E-state index in [1.807, 2.05) is 0 Å². The Kier molecular flexibility index (Phi) is 1.86. The van der Waals surface area contributed by atoms with Crippen LogP contribution in [0.1, 0.15) is 25.3 Å². The van der Waals surface area contributed by atoms with E-state index in [9.17, 15) is 4.79 Å². The summed E-state index contributed by atoms with van der Waals surface area (Å²) >= 11 is 0. The molecule has 1 aliphatic rings. The number of rotatable bonds is 2. The van der Waals surface area contributed by atoms with Gasteiger partial charge in [-0.05, 0) is 19.3 Å². The SMILES string of the molecule is CNc1nn(C)c(=O)n1C1CCC1. The van der Waals surface area contributed by atoms with Crippen LogP contribution in [0.4, 0.5) is 5.95 Å². The summed E-state index contributed by atoms with van der Waals surface area (Å²) in [6.45, 7) is 0. The van der Waals surface area contributed by atoms with Crippen LogP contribution in [0.5, 0.6) is 0 Å². The number of nitrogens with zero attached hydrogens (tertiary/aromatic N) is 3. The summed E-state index contributed by atoms with van der Waals surface area (Å²) in [5.74, 6) is 0.678. The van der Waals surface area contributed by atoms with Crippen molar-refractivity contribution < 1.29 is 0 Å². The van der Waals surface area contributed by atoms with Crippen molar-refractivity contribution in [1.82, 2.24) is 14.3 Å². The van der Waals surface area contributed by atoms with Gasteiger partial charge < -0.3 is 5.32 Å². The number of hydrogen-bond acceptors (Lipinski definition) is 3. The van der Waals surface area contributed by atoms with Crippen LogP contribution in [0.25, 0.3) is 0 Å². The van der Waals surface area contributed by atoms with E-state index in [0.29, 0.717) is 12.0 Å². The Bertz CT molecular complexity index is 361. The van der Waals surface area contributed by atoms with E-state index in [2.05, 4.69) is 10.4 Å². The van der Waals surface area contributed by atoms with Crippen molar-refractivity contribution in [2.24, 2.45) is 7.05 Å². The zero-order chi connectivity index (χ0) is 9.42. The first-order valence-corrected chi connectivity index (χ1v) is 4.57. The standard InChI is InChI=1S/C8H14N4O/c1-9-7-10-11(2)8(13)12(7)6-4-3-5-6/h6H,3-5H2,1-2H3,(H,9,10). The first-order valence-electron chi connectivity index (χ1n) is 4.57. The third kappa shape index (κ3) is 1.15. The lowest BCUT2D eigenvalue weighted by Gasteiger charge is -2.26. The van der Waals surface area contributed by atoms with Gasteiger partial charge in [-0.15, -0.1) is 5.10 Å². The maximum absolute atomic E-state index is 11.6. The van der Waals surface area contributed by atoms with Gasteiger partial charge in [0.25, 0.3) is 0 Å². The van der Waals surface area contributed by atoms with Crippen molar-refractivity contribution >= 4 is 5.95 Å². The van der Waals surface area contributed by atoms with Crippen molar-refractivity contribution in [2.75, 3.05) is 12.4 Å². The number of anilines is 1. The number of aryl methyl sites for hydroxylation is 1. The zero-order valence-corrected chi connectivity index (χ0v) is 7.95. The van der Waals surface area contributed by atoms with Gasteiger partial charge in [0.05, 0.1) is 0 Å². The van der Waals surface area contributed by atoms with Crippen molar-refractivity contribution in [3.8, 4) is 0 Å². The molecule has 0 unspecified atom stereocenters. The third-order valence-electron chi connectivity index (χ3n) is 2.62.